The molecule has 1 N–H and O–H groups in total. The van der Waals surface area contributed by atoms with Crippen LogP contribution in [0.2, 0.25) is 0 Å². The molecule has 2 aromatic heterocycles. The van der Waals surface area contributed by atoms with E-state index < -0.39 is 17.8 Å². The van der Waals surface area contributed by atoms with Gasteiger partial charge in [-0.15, -0.1) is 0 Å². The number of amides is 1. The van der Waals surface area contributed by atoms with Gasteiger partial charge >= 0.3 is 6.18 Å². The molecule has 116 valence electrons. The van der Waals surface area contributed by atoms with Crippen molar-refractivity contribution in [1.29, 1.82) is 0 Å². The molecule has 2 fully saturated rings. The number of hydrogen-bond acceptors (Lipinski definition) is 3. The molecule has 0 atom stereocenters. The number of nitrogens with zero attached hydrogens (tertiary/aromatic N) is 3. The Hall–Kier alpha value is -2.12. The van der Waals surface area contributed by atoms with Crippen molar-refractivity contribution in [3.05, 3.63) is 29.2 Å². The summed E-state index contributed by atoms with van der Waals surface area (Å²) in [5.41, 5.74) is -0.416. The molecule has 2 heterocycles. The van der Waals surface area contributed by atoms with Crippen LogP contribution >= 0.6 is 0 Å². The van der Waals surface area contributed by atoms with Crippen LogP contribution in [0.15, 0.2) is 12.3 Å². The number of hydrogen-bond donors (Lipinski definition) is 1. The van der Waals surface area contributed by atoms with Crippen LogP contribution in [0.1, 0.15) is 53.3 Å². The van der Waals surface area contributed by atoms with Crippen molar-refractivity contribution in [2.45, 2.75) is 43.8 Å². The predicted molar refractivity (Wildman–Crippen MR) is 70.5 cm³/mol. The second kappa shape index (κ2) is 4.44. The Morgan fingerprint density at radius 3 is 2.59 bits per heavy atom. The van der Waals surface area contributed by atoms with Crippen LogP contribution in [0.5, 0.6) is 0 Å². The number of rotatable bonds is 3. The van der Waals surface area contributed by atoms with E-state index in [1.807, 2.05) is 0 Å². The zero-order valence-electron chi connectivity index (χ0n) is 11.5. The number of alkyl halides is 3. The first-order valence-electron chi connectivity index (χ1n) is 7.20. The predicted octanol–water partition coefficient (Wildman–Crippen LogP) is 2.52. The molecule has 2 aromatic rings. The molecular weight excluding hydrogens is 297 g/mol. The van der Waals surface area contributed by atoms with Crippen LogP contribution in [0.25, 0.3) is 5.65 Å². The molecule has 0 spiro atoms. The van der Waals surface area contributed by atoms with E-state index in [2.05, 4.69) is 15.4 Å². The van der Waals surface area contributed by atoms with Crippen LogP contribution < -0.4 is 5.32 Å². The van der Waals surface area contributed by atoms with Crippen LogP contribution in [0, 0.1) is 0 Å². The standard InChI is InChI=1S/C14H13F3N4O/c15-14(16,17)11-5-10(7-1-2-7)20-12-9(6-18-21(11)12)13(22)19-8-3-4-8/h5-8H,1-4H2,(H,19,22). The summed E-state index contributed by atoms with van der Waals surface area (Å²) in [4.78, 5) is 16.4. The lowest BCUT2D eigenvalue weighted by Gasteiger charge is -2.11. The van der Waals surface area contributed by atoms with Gasteiger partial charge in [-0.1, -0.05) is 0 Å². The first kappa shape index (κ1) is 13.5. The molecule has 8 heteroatoms. The molecule has 2 aliphatic carbocycles. The third-order valence-electron chi connectivity index (χ3n) is 3.93. The third kappa shape index (κ3) is 2.32. The Bertz CT molecular complexity index is 759. The van der Waals surface area contributed by atoms with E-state index >= 15 is 0 Å². The van der Waals surface area contributed by atoms with Crippen molar-refractivity contribution in [1.82, 2.24) is 19.9 Å². The van der Waals surface area contributed by atoms with Crippen molar-refractivity contribution in [2.24, 2.45) is 0 Å². The monoisotopic (exact) mass is 310 g/mol. The maximum absolute atomic E-state index is 13.2. The average Bonchev–Trinajstić information content (AvgIpc) is 3.35. The first-order chi connectivity index (χ1) is 10.4. The highest BCUT2D eigenvalue weighted by Crippen LogP contribution is 2.41. The Balaban J connectivity index is 1.85. The molecule has 0 unspecified atom stereocenters. The Morgan fingerprint density at radius 2 is 2.00 bits per heavy atom. The lowest BCUT2D eigenvalue weighted by atomic mass is 10.2. The van der Waals surface area contributed by atoms with E-state index in [1.165, 1.54) is 0 Å². The van der Waals surface area contributed by atoms with Gasteiger partial charge in [-0.05, 0) is 31.7 Å². The Labute approximate surface area is 123 Å². The highest BCUT2D eigenvalue weighted by Gasteiger charge is 2.38. The van der Waals surface area contributed by atoms with Gasteiger partial charge in [0, 0.05) is 17.7 Å². The summed E-state index contributed by atoms with van der Waals surface area (Å²) in [6.07, 6.45) is 0.0858. The largest absolute Gasteiger partial charge is 0.433 e. The first-order valence-corrected chi connectivity index (χ1v) is 7.20. The number of aromatic nitrogens is 3. The van der Waals surface area contributed by atoms with Crippen molar-refractivity contribution in [3.8, 4) is 0 Å². The highest BCUT2D eigenvalue weighted by molar-refractivity contribution is 6.00. The summed E-state index contributed by atoms with van der Waals surface area (Å²) in [6, 6.07) is 1.16. The van der Waals surface area contributed by atoms with Gasteiger partial charge < -0.3 is 5.32 Å². The Kier molecular flexibility index (Phi) is 2.73. The fourth-order valence-corrected chi connectivity index (χ4v) is 2.42. The normalized spacial score (nSPS) is 18.7. The summed E-state index contributed by atoms with van der Waals surface area (Å²) >= 11 is 0. The van der Waals surface area contributed by atoms with Crippen molar-refractivity contribution in [3.63, 3.8) is 0 Å². The molecule has 0 aromatic carbocycles. The second-order valence-electron chi connectivity index (χ2n) is 5.88. The smallest absolute Gasteiger partial charge is 0.349 e. The van der Waals surface area contributed by atoms with E-state index in [9.17, 15) is 18.0 Å². The van der Waals surface area contributed by atoms with Crippen LogP contribution in [0.3, 0.4) is 0 Å². The SMILES string of the molecule is O=C(NC1CC1)c1cnn2c(C(F)(F)F)cc(C3CC3)nc12. The number of halogens is 3. The maximum Gasteiger partial charge on any atom is 0.433 e. The Morgan fingerprint density at radius 1 is 1.27 bits per heavy atom. The van der Waals surface area contributed by atoms with Crippen molar-refractivity contribution in [2.75, 3.05) is 0 Å². The highest BCUT2D eigenvalue weighted by atomic mass is 19.4. The van der Waals surface area contributed by atoms with E-state index in [-0.39, 0.29) is 23.2 Å². The molecule has 0 saturated heterocycles. The van der Waals surface area contributed by atoms with Gasteiger partial charge in [0.05, 0.1) is 6.20 Å². The van der Waals surface area contributed by atoms with E-state index in [0.29, 0.717) is 10.2 Å². The van der Waals surface area contributed by atoms with E-state index in [1.54, 1.807) is 0 Å². The fourth-order valence-electron chi connectivity index (χ4n) is 2.42. The lowest BCUT2D eigenvalue weighted by Crippen LogP contribution is -2.25. The van der Waals surface area contributed by atoms with Crippen LogP contribution in [-0.2, 0) is 6.18 Å². The van der Waals surface area contributed by atoms with Crippen LogP contribution in [0.4, 0.5) is 13.2 Å². The van der Waals surface area contributed by atoms with Gasteiger partial charge in [-0.2, -0.15) is 18.3 Å². The summed E-state index contributed by atoms with van der Waals surface area (Å²) < 4.78 is 40.4. The number of carbonyl (C=O) groups excluding carboxylic acids is 1. The zero-order valence-corrected chi connectivity index (χ0v) is 11.5. The quantitative estimate of drug-likeness (QED) is 0.947. The molecule has 22 heavy (non-hydrogen) atoms. The van der Waals surface area contributed by atoms with E-state index in [0.717, 1.165) is 37.9 Å². The lowest BCUT2D eigenvalue weighted by molar-refractivity contribution is -0.142. The number of nitrogens with one attached hydrogen (secondary N) is 1. The minimum Gasteiger partial charge on any atom is -0.349 e. The summed E-state index contributed by atoms with van der Waals surface area (Å²) in [7, 11) is 0. The topological polar surface area (TPSA) is 59.3 Å². The summed E-state index contributed by atoms with van der Waals surface area (Å²) in [5.74, 6) is -0.355. The molecule has 2 aliphatic rings. The van der Waals surface area contributed by atoms with Crippen molar-refractivity contribution < 1.29 is 18.0 Å². The number of carbonyl (C=O) groups is 1. The average molecular weight is 310 g/mol. The second-order valence-corrected chi connectivity index (χ2v) is 5.88. The molecule has 4 rings (SSSR count). The molecule has 0 aliphatic heterocycles. The minimum atomic E-state index is -4.54. The van der Waals surface area contributed by atoms with Crippen molar-refractivity contribution >= 4 is 11.6 Å². The van der Waals surface area contributed by atoms with Gasteiger partial charge in [-0.3, -0.25) is 4.79 Å². The van der Waals surface area contributed by atoms with Gasteiger partial charge in [0.2, 0.25) is 0 Å². The molecule has 0 bridgehead atoms. The molecule has 0 radical (unpaired) electrons. The van der Waals surface area contributed by atoms with Crippen LogP contribution in [-0.4, -0.2) is 26.5 Å². The molecule has 5 nitrogen and oxygen atoms in total. The molecule has 2 saturated carbocycles. The molecule has 1 amide bonds. The van der Waals surface area contributed by atoms with Gasteiger partial charge in [-0.25, -0.2) is 9.50 Å². The molecular formula is C14H13F3N4O. The zero-order chi connectivity index (χ0) is 15.5. The summed E-state index contributed by atoms with van der Waals surface area (Å²) in [5, 5.41) is 6.49. The van der Waals surface area contributed by atoms with E-state index in [4.69, 9.17) is 0 Å². The fraction of sp³-hybridized carbons (Fsp3) is 0.500. The number of fused-ring (bicyclic) bond motifs is 1. The summed E-state index contributed by atoms with van der Waals surface area (Å²) in [6.45, 7) is 0. The maximum atomic E-state index is 13.2. The van der Waals surface area contributed by atoms with Gasteiger partial charge in [0.1, 0.15) is 11.3 Å². The third-order valence-corrected chi connectivity index (χ3v) is 3.93. The minimum absolute atomic E-state index is 0.0186. The van der Waals surface area contributed by atoms with Gasteiger partial charge in [0.25, 0.3) is 5.91 Å². The van der Waals surface area contributed by atoms with Gasteiger partial charge in [0.15, 0.2) is 5.65 Å².